The Hall–Kier alpha value is -1.24. The summed E-state index contributed by atoms with van der Waals surface area (Å²) in [6.07, 6.45) is -3.98. The van der Waals surface area contributed by atoms with Crippen molar-refractivity contribution in [3.05, 3.63) is 11.8 Å². The van der Waals surface area contributed by atoms with Crippen LogP contribution in [0.2, 0.25) is 0 Å². The zero-order valence-electron chi connectivity index (χ0n) is 10.2. The monoisotopic (exact) mass is 262 g/mol. The van der Waals surface area contributed by atoms with E-state index in [-0.39, 0.29) is 12.5 Å². The number of nitrogen functional groups attached to an aromatic ring is 1. The Morgan fingerprint density at radius 3 is 2.78 bits per heavy atom. The van der Waals surface area contributed by atoms with Gasteiger partial charge >= 0.3 is 6.18 Å². The van der Waals surface area contributed by atoms with Crippen molar-refractivity contribution in [2.75, 3.05) is 25.4 Å². The van der Waals surface area contributed by atoms with Crippen LogP contribution in [0.5, 0.6) is 0 Å². The summed E-state index contributed by atoms with van der Waals surface area (Å²) in [6, 6.07) is 1.80. The van der Waals surface area contributed by atoms with Crippen LogP contribution in [0.1, 0.15) is 24.5 Å². The van der Waals surface area contributed by atoms with Gasteiger partial charge in [0.1, 0.15) is 5.82 Å². The van der Waals surface area contributed by atoms with Gasteiger partial charge in [-0.15, -0.1) is 0 Å². The van der Waals surface area contributed by atoms with E-state index in [1.54, 1.807) is 17.8 Å². The van der Waals surface area contributed by atoms with E-state index in [0.29, 0.717) is 18.9 Å². The Morgan fingerprint density at radius 1 is 1.50 bits per heavy atom. The molecule has 1 aromatic rings. The molecule has 1 aromatic heterocycles. The second-order valence-electron chi connectivity index (χ2n) is 4.77. The molecule has 0 amide bonds. The van der Waals surface area contributed by atoms with Crippen molar-refractivity contribution in [2.45, 2.75) is 24.9 Å². The minimum atomic E-state index is -4.08. The third kappa shape index (κ3) is 3.16. The number of likely N-dealkylation sites (tertiary alicyclic amines) is 1. The lowest BCUT2D eigenvalue weighted by molar-refractivity contribution is -0.137. The third-order valence-electron chi connectivity index (χ3n) is 3.34. The van der Waals surface area contributed by atoms with Crippen molar-refractivity contribution in [1.82, 2.24) is 14.7 Å². The van der Waals surface area contributed by atoms with Crippen LogP contribution in [0.15, 0.2) is 6.07 Å². The number of aryl methyl sites for hydroxylation is 1. The first-order chi connectivity index (χ1) is 8.35. The van der Waals surface area contributed by atoms with Crippen molar-refractivity contribution in [3.8, 4) is 0 Å². The van der Waals surface area contributed by atoms with Gasteiger partial charge in [0.05, 0.1) is 12.1 Å². The molecular weight excluding hydrogens is 245 g/mol. The Balaban J connectivity index is 1.88. The SMILES string of the molecule is Cn1nc([C@H]2CCN(CCC(F)(F)F)C2)cc1N. The molecule has 0 unspecified atom stereocenters. The van der Waals surface area contributed by atoms with Crippen LogP contribution in [-0.4, -0.2) is 40.5 Å². The van der Waals surface area contributed by atoms with E-state index in [1.165, 1.54) is 0 Å². The molecule has 0 aromatic carbocycles. The first-order valence-corrected chi connectivity index (χ1v) is 5.93. The number of hydrogen-bond acceptors (Lipinski definition) is 3. The van der Waals surface area contributed by atoms with Gasteiger partial charge < -0.3 is 10.6 Å². The highest BCUT2D eigenvalue weighted by molar-refractivity contribution is 5.32. The second-order valence-corrected chi connectivity index (χ2v) is 4.77. The summed E-state index contributed by atoms with van der Waals surface area (Å²) >= 11 is 0. The molecule has 1 aliphatic rings. The van der Waals surface area contributed by atoms with Gasteiger partial charge in [-0.05, 0) is 13.0 Å². The van der Waals surface area contributed by atoms with Crippen molar-refractivity contribution in [3.63, 3.8) is 0 Å². The average Bonchev–Trinajstić information content (AvgIpc) is 2.83. The average molecular weight is 262 g/mol. The molecule has 0 saturated carbocycles. The lowest BCUT2D eigenvalue weighted by Gasteiger charge is -2.16. The number of halogens is 3. The number of rotatable bonds is 3. The molecular formula is C11H17F3N4. The zero-order valence-corrected chi connectivity index (χ0v) is 10.2. The molecule has 4 nitrogen and oxygen atoms in total. The van der Waals surface area contributed by atoms with E-state index in [9.17, 15) is 13.2 Å². The summed E-state index contributed by atoms with van der Waals surface area (Å²) in [5, 5.41) is 4.28. The van der Waals surface area contributed by atoms with E-state index in [0.717, 1.165) is 12.1 Å². The summed E-state index contributed by atoms with van der Waals surface area (Å²) in [5.41, 5.74) is 6.58. The van der Waals surface area contributed by atoms with E-state index >= 15 is 0 Å². The van der Waals surface area contributed by atoms with Crippen molar-refractivity contribution >= 4 is 5.82 Å². The van der Waals surface area contributed by atoms with Gasteiger partial charge in [0.2, 0.25) is 0 Å². The molecule has 7 heteroatoms. The van der Waals surface area contributed by atoms with Crippen LogP contribution in [0.4, 0.5) is 19.0 Å². The van der Waals surface area contributed by atoms with Crippen LogP contribution in [0.3, 0.4) is 0 Å². The van der Waals surface area contributed by atoms with Gasteiger partial charge in [-0.2, -0.15) is 18.3 Å². The molecule has 1 saturated heterocycles. The van der Waals surface area contributed by atoms with Gasteiger partial charge in [0.25, 0.3) is 0 Å². The van der Waals surface area contributed by atoms with Crippen molar-refractivity contribution in [1.29, 1.82) is 0 Å². The Bertz CT molecular complexity index is 393. The van der Waals surface area contributed by atoms with E-state index < -0.39 is 12.6 Å². The maximum Gasteiger partial charge on any atom is 0.390 e. The van der Waals surface area contributed by atoms with Gasteiger partial charge in [0.15, 0.2) is 0 Å². The summed E-state index contributed by atoms with van der Waals surface area (Å²) in [5.74, 6) is 0.778. The quantitative estimate of drug-likeness (QED) is 0.902. The molecule has 0 radical (unpaired) electrons. The third-order valence-corrected chi connectivity index (χ3v) is 3.34. The summed E-state index contributed by atoms with van der Waals surface area (Å²) in [4.78, 5) is 1.84. The summed E-state index contributed by atoms with van der Waals surface area (Å²) in [7, 11) is 1.76. The molecule has 2 heterocycles. The fourth-order valence-corrected chi connectivity index (χ4v) is 2.27. The molecule has 2 rings (SSSR count). The van der Waals surface area contributed by atoms with Gasteiger partial charge in [-0.3, -0.25) is 4.68 Å². The fraction of sp³-hybridized carbons (Fsp3) is 0.727. The van der Waals surface area contributed by atoms with Crippen LogP contribution < -0.4 is 5.73 Å². The molecule has 1 aliphatic heterocycles. The number of nitrogens with two attached hydrogens (primary N) is 1. The molecule has 1 atom stereocenters. The van der Waals surface area contributed by atoms with E-state index in [4.69, 9.17) is 5.73 Å². The maximum atomic E-state index is 12.1. The van der Waals surface area contributed by atoms with Crippen LogP contribution in [-0.2, 0) is 7.05 Å². The Labute approximate surface area is 104 Å². The topological polar surface area (TPSA) is 47.1 Å². The van der Waals surface area contributed by atoms with E-state index in [2.05, 4.69) is 5.10 Å². The summed E-state index contributed by atoms with van der Waals surface area (Å²) in [6.45, 7) is 1.39. The van der Waals surface area contributed by atoms with Gasteiger partial charge in [0, 0.05) is 32.1 Å². The molecule has 0 bridgehead atoms. The first kappa shape index (κ1) is 13.2. The Kier molecular flexibility index (Phi) is 3.52. The second kappa shape index (κ2) is 4.79. The minimum Gasteiger partial charge on any atom is -0.384 e. The fourth-order valence-electron chi connectivity index (χ4n) is 2.27. The highest BCUT2D eigenvalue weighted by Gasteiger charge is 2.31. The molecule has 0 aliphatic carbocycles. The van der Waals surface area contributed by atoms with Gasteiger partial charge in [-0.25, -0.2) is 0 Å². The predicted octanol–water partition coefficient (Wildman–Crippen LogP) is 1.74. The number of nitrogens with zero attached hydrogens (tertiary/aromatic N) is 3. The molecule has 1 fully saturated rings. The number of alkyl halides is 3. The molecule has 2 N–H and O–H groups in total. The minimum absolute atomic E-state index is 0.0717. The smallest absolute Gasteiger partial charge is 0.384 e. The number of aromatic nitrogens is 2. The number of anilines is 1. The largest absolute Gasteiger partial charge is 0.390 e. The molecule has 18 heavy (non-hydrogen) atoms. The highest BCUT2D eigenvalue weighted by Crippen LogP contribution is 2.28. The van der Waals surface area contributed by atoms with Crippen LogP contribution >= 0.6 is 0 Å². The highest BCUT2D eigenvalue weighted by atomic mass is 19.4. The lowest BCUT2D eigenvalue weighted by atomic mass is 10.1. The zero-order chi connectivity index (χ0) is 13.3. The van der Waals surface area contributed by atoms with Gasteiger partial charge in [-0.1, -0.05) is 0 Å². The summed E-state index contributed by atoms with van der Waals surface area (Å²) < 4.78 is 38.0. The lowest BCUT2D eigenvalue weighted by Crippen LogP contribution is -2.26. The van der Waals surface area contributed by atoms with Crippen LogP contribution in [0.25, 0.3) is 0 Å². The van der Waals surface area contributed by atoms with Crippen molar-refractivity contribution in [2.24, 2.45) is 7.05 Å². The molecule has 102 valence electrons. The standard InChI is InChI=1S/C11H17F3N4/c1-17-10(15)6-9(16-17)8-2-4-18(7-8)5-3-11(12,13)14/h6,8H,2-5,7,15H2,1H3/t8-/m0/s1. The first-order valence-electron chi connectivity index (χ1n) is 5.93. The van der Waals surface area contributed by atoms with Crippen LogP contribution in [0, 0.1) is 0 Å². The van der Waals surface area contributed by atoms with Crippen molar-refractivity contribution < 1.29 is 13.2 Å². The maximum absolute atomic E-state index is 12.1. The molecule has 0 spiro atoms. The van der Waals surface area contributed by atoms with E-state index in [1.807, 2.05) is 4.90 Å². The Morgan fingerprint density at radius 2 is 2.22 bits per heavy atom. The number of hydrogen-bond donors (Lipinski definition) is 1. The normalized spacial score (nSPS) is 21.7. The predicted molar refractivity (Wildman–Crippen MR) is 62.1 cm³/mol.